The van der Waals surface area contributed by atoms with E-state index in [0.717, 1.165) is 144 Å². The van der Waals surface area contributed by atoms with Crippen LogP contribution in [0.15, 0.2) is 430 Å². The quantitative estimate of drug-likeness (QED) is 0.136. The lowest BCUT2D eigenvalue weighted by molar-refractivity contribution is 0.662. The highest BCUT2D eigenvalue weighted by Gasteiger charge is 2.52. The number of fused-ring (bicyclic) bond motifs is 27. The van der Waals surface area contributed by atoms with Crippen LogP contribution in [0.1, 0.15) is 44.5 Å². The fourth-order valence-corrected chi connectivity index (χ4v) is 20.1. The summed E-state index contributed by atoms with van der Waals surface area (Å²) in [6.07, 6.45) is 0. The molecule has 0 saturated heterocycles. The van der Waals surface area contributed by atoms with Crippen molar-refractivity contribution in [2.24, 2.45) is 0 Å². The lowest BCUT2D eigenvalue weighted by atomic mass is 9.68. The van der Waals surface area contributed by atoms with E-state index in [2.05, 4.69) is 398 Å². The minimum atomic E-state index is -0.490. The van der Waals surface area contributed by atoms with Crippen LogP contribution in [-0.4, -0.2) is 0 Å². The van der Waals surface area contributed by atoms with Gasteiger partial charge in [0.15, 0.2) is 0 Å². The molecule has 4 heterocycles. The summed E-state index contributed by atoms with van der Waals surface area (Å²) in [6.45, 7) is 0. The Hall–Kier alpha value is -15.2. The zero-order valence-corrected chi connectivity index (χ0v) is 62.8. The largest absolute Gasteiger partial charge is 0.456 e. The molecule has 1 spiro atoms. The molecule has 0 aliphatic heterocycles. The Balaban J connectivity index is 0.000000133. The van der Waals surface area contributed by atoms with Gasteiger partial charge in [-0.3, -0.25) is 0 Å². The second-order valence-corrected chi connectivity index (χ2v) is 30.7. The normalized spacial score (nSPS) is 13.1. The van der Waals surface area contributed by atoms with Crippen LogP contribution in [-0.2, 0) is 10.8 Å². The van der Waals surface area contributed by atoms with E-state index in [1.807, 2.05) is 24.3 Å². The Morgan fingerprint density at radius 1 is 0.190 bits per heavy atom. The summed E-state index contributed by atoms with van der Waals surface area (Å²) in [5, 5.41) is 8.53. The molecule has 0 unspecified atom stereocenters. The van der Waals surface area contributed by atoms with Crippen LogP contribution in [0.2, 0.25) is 0 Å². The minimum absolute atomic E-state index is 0.416. The Morgan fingerprint density at radius 2 is 0.543 bits per heavy atom. The van der Waals surface area contributed by atoms with Gasteiger partial charge in [-0.1, -0.05) is 309 Å². The molecule has 22 aromatic rings. The second kappa shape index (κ2) is 25.7. The average Bonchev–Trinajstić information content (AvgIpc) is 1.50. The van der Waals surface area contributed by atoms with E-state index in [1.165, 1.54) is 77.9 Å². The van der Waals surface area contributed by atoms with E-state index < -0.39 is 10.8 Å². The van der Waals surface area contributed by atoms with Crippen molar-refractivity contribution in [3.63, 3.8) is 0 Å². The summed E-state index contributed by atoms with van der Waals surface area (Å²) in [6, 6.07) is 149. The highest BCUT2D eigenvalue weighted by molar-refractivity contribution is 6.25. The summed E-state index contributed by atoms with van der Waals surface area (Å²) >= 11 is 0. The van der Waals surface area contributed by atoms with Crippen LogP contribution in [0.3, 0.4) is 0 Å². The first-order valence-electron chi connectivity index (χ1n) is 39.8. The molecule has 25 rings (SSSR count). The second-order valence-electron chi connectivity index (χ2n) is 30.7. The van der Waals surface area contributed by atoms with Gasteiger partial charge in [0.2, 0.25) is 0 Å². The molecule has 3 aliphatic carbocycles. The van der Waals surface area contributed by atoms with Gasteiger partial charge < -0.3 is 27.5 Å². The predicted octanol–water partition coefficient (Wildman–Crippen LogP) is 30.0. The van der Waals surface area contributed by atoms with Crippen molar-refractivity contribution in [3.8, 4) is 55.6 Å². The lowest BCUT2D eigenvalue weighted by Gasteiger charge is -2.34. The number of nitrogens with zero attached hydrogens (tertiary/aromatic N) is 2. The standard InChI is InChI=1S/C55H33NO2.C55H35NO2/c1-2-13-35(14-3-1)56(37-29-30-42-41-17-6-10-23-48(41)55(49(42)33-37)46-21-8-4-15-39(46)40-16-5-9-22-47(40)55)36-27-25-34(26-28-36)38-19-12-20-43-44-31-32-51-52(54(44)58-53(38)43)45-18-7-11-24-50(45)57-51;1-4-16-37(17-5-1)55(38-18-6-2-7-19-38)46-26-12-10-22-44(46)51-47(55)27-15-28-48(51)56(39-20-8-3-9-21-39)40-32-30-36(31-33-40)41-24-14-25-42-43-34-35-50-52(54(43)58-53(41)42)45-23-11-13-29-49(45)57-50/h1-33H;1-35H. The van der Waals surface area contributed by atoms with E-state index in [-0.39, 0.29) is 0 Å². The SMILES string of the molecule is c1ccc(N(c2ccc(-c3cccc4c3oc3c4ccc4oc5ccccc5c43)cc2)c2ccc3c(c2)C2(c4ccccc4-c4ccccc42)c2ccccc2-3)cc1.c1ccc(N(c2ccc(-c3cccc4c3oc3c4ccc4oc5ccccc5c43)cc2)c2cccc3c2-c2ccccc2C3(c2ccccc2)c2ccccc2)cc1. The molecule has 0 atom stereocenters. The molecule has 18 aromatic carbocycles. The molecule has 0 radical (unpaired) electrons. The van der Waals surface area contributed by atoms with E-state index >= 15 is 0 Å². The van der Waals surface area contributed by atoms with Crippen LogP contribution in [0.25, 0.3) is 143 Å². The maximum atomic E-state index is 6.84. The first kappa shape index (κ1) is 65.5. The molecule has 0 amide bonds. The third-order valence-electron chi connectivity index (χ3n) is 24.9. The molecule has 0 fully saturated rings. The summed E-state index contributed by atoms with van der Waals surface area (Å²) in [4.78, 5) is 4.80. The molecule has 6 heteroatoms. The Bertz CT molecular complexity index is 7600. The lowest BCUT2D eigenvalue weighted by Crippen LogP contribution is -2.28. The van der Waals surface area contributed by atoms with Crippen LogP contribution in [0, 0.1) is 0 Å². The third-order valence-corrected chi connectivity index (χ3v) is 24.9. The number of anilines is 6. The van der Waals surface area contributed by atoms with Gasteiger partial charge in [0.1, 0.15) is 44.7 Å². The van der Waals surface area contributed by atoms with Crippen molar-refractivity contribution in [2.75, 3.05) is 9.80 Å². The zero-order chi connectivity index (χ0) is 76.2. The maximum Gasteiger partial charge on any atom is 0.147 e. The average molecular weight is 1480 g/mol. The van der Waals surface area contributed by atoms with Gasteiger partial charge in [-0.15, -0.1) is 0 Å². The molecule has 4 aromatic heterocycles. The highest BCUT2D eigenvalue weighted by Crippen LogP contribution is 2.64. The molecule has 0 bridgehead atoms. The summed E-state index contributed by atoms with van der Waals surface area (Å²) in [5.74, 6) is 0. The predicted molar refractivity (Wildman–Crippen MR) is 476 cm³/mol. The zero-order valence-electron chi connectivity index (χ0n) is 62.8. The molecule has 3 aliphatic rings. The first-order chi connectivity index (χ1) is 57.6. The number of furan rings is 4. The smallest absolute Gasteiger partial charge is 0.147 e. The third kappa shape index (κ3) is 9.47. The van der Waals surface area contributed by atoms with E-state index in [4.69, 9.17) is 17.7 Å². The van der Waals surface area contributed by atoms with Crippen LogP contribution in [0.4, 0.5) is 34.1 Å². The van der Waals surface area contributed by atoms with E-state index in [1.54, 1.807) is 0 Å². The van der Waals surface area contributed by atoms with Crippen LogP contribution >= 0.6 is 0 Å². The summed E-state index contributed by atoms with van der Waals surface area (Å²) < 4.78 is 26.1. The van der Waals surface area contributed by atoms with Gasteiger partial charge in [-0.05, 0) is 187 Å². The van der Waals surface area contributed by atoms with E-state index in [9.17, 15) is 0 Å². The van der Waals surface area contributed by atoms with Crippen molar-refractivity contribution >= 4 is 122 Å². The van der Waals surface area contributed by atoms with Crippen molar-refractivity contribution in [2.45, 2.75) is 10.8 Å². The first-order valence-corrected chi connectivity index (χ1v) is 39.8. The maximum absolute atomic E-state index is 6.84. The van der Waals surface area contributed by atoms with Gasteiger partial charge >= 0.3 is 0 Å². The van der Waals surface area contributed by atoms with Crippen LogP contribution in [0.5, 0.6) is 0 Å². The van der Waals surface area contributed by atoms with E-state index in [0.29, 0.717) is 0 Å². The molecule has 0 saturated carbocycles. The van der Waals surface area contributed by atoms with Crippen molar-refractivity contribution < 1.29 is 17.7 Å². The van der Waals surface area contributed by atoms with Gasteiger partial charge in [-0.2, -0.15) is 0 Å². The van der Waals surface area contributed by atoms with Crippen molar-refractivity contribution in [3.05, 3.63) is 457 Å². The monoisotopic (exact) mass is 1480 g/mol. The molecule has 116 heavy (non-hydrogen) atoms. The number of hydrogen-bond donors (Lipinski definition) is 0. The minimum Gasteiger partial charge on any atom is -0.456 e. The fraction of sp³-hybridized carbons (Fsp3) is 0.0182. The van der Waals surface area contributed by atoms with Gasteiger partial charge in [0.25, 0.3) is 0 Å². The molecule has 6 nitrogen and oxygen atoms in total. The Kier molecular flexibility index (Phi) is 14.5. The number of para-hydroxylation sites is 6. The summed E-state index contributed by atoms with van der Waals surface area (Å²) in [5.41, 5.74) is 35.0. The summed E-state index contributed by atoms with van der Waals surface area (Å²) in [7, 11) is 0. The Morgan fingerprint density at radius 3 is 1.04 bits per heavy atom. The van der Waals surface area contributed by atoms with Gasteiger partial charge in [0, 0.05) is 77.4 Å². The molecular formula is C110H68N2O4. The van der Waals surface area contributed by atoms with Crippen molar-refractivity contribution in [1.82, 2.24) is 0 Å². The molecular weight excluding hydrogens is 1410 g/mol. The topological polar surface area (TPSA) is 59.0 Å². The van der Waals surface area contributed by atoms with Gasteiger partial charge in [-0.25, -0.2) is 0 Å². The van der Waals surface area contributed by atoms with Crippen LogP contribution < -0.4 is 9.80 Å². The fourth-order valence-electron chi connectivity index (χ4n) is 20.1. The molecule has 542 valence electrons. The Labute approximate surface area is 668 Å². The number of rotatable bonds is 10. The molecule has 0 N–H and O–H groups in total. The number of benzene rings is 18. The van der Waals surface area contributed by atoms with Crippen molar-refractivity contribution in [1.29, 1.82) is 0 Å². The highest BCUT2D eigenvalue weighted by atomic mass is 16.4. The van der Waals surface area contributed by atoms with Gasteiger partial charge in [0.05, 0.1) is 27.3 Å². The number of hydrogen-bond acceptors (Lipinski definition) is 6.